The number of carbonyl (C=O) groups excluding carboxylic acids is 2. The molecule has 0 amide bonds. The highest BCUT2D eigenvalue weighted by Gasteiger charge is 2.28. The fourth-order valence-corrected chi connectivity index (χ4v) is 0.815. The fraction of sp³-hybridized carbons (Fsp3) is 0.714. The van der Waals surface area contributed by atoms with Gasteiger partial charge in [0, 0.05) is 0 Å². The van der Waals surface area contributed by atoms with E-state index in [4.69, 9.17) is 11.8 Å². The molecule has 5 nitrogen and oxygen atoms in total. The van der Waals surface area contributed by atoms with Gasteiger partial charge >= 0.3 is 11.9 Å². The van der Waals surface area contributed by atoms with Crippen molar-refractivity contribution in [2.45, 2.75) is 19.9 Å². The summed E-state index contributed by atoms with van der Waals surface area (Å²) in [7, 11) is 0. The molecule has 0 aromatic carbocycles. The zero-order chi connectivity index (χ0) is 10.3. The molecule has 0 aliphatic heterocycles. The van der Waals surface area contributed by atoms with Crippen LogP contribution in [-0.4, -0.2) is 31.2 Å². The molecule has 76 valence electrons. The molecule has 1 N–H and O–H groups in total. The van der Waals surface area contributed by atoms with E-state index in [-0.39, 0.29) is 13.2 Å². The van der Waals surface area contributed by atoms with E-state index in [2.05, 4.69) is 9.47 Å². The van der Waals surface area contributed by atoms with E-state index in [1.165, 1.54) is 0 Å². The van der Waals surface area contributed by atoms with Gasteiger partial charge in [0.15, 0.2) is 0 Å². The highest BCUT2D eigenvalue weighted by Crippen LogP contribution is 1.94. The first-order valence-electron chi connectivity index (χ1n) is 3.86. The number of carbonyl (C=O) groups is 2. The molecule has 0 rings (SSSR count). The fourth-order valence-electron chi connectivity index (χ4n) is 0.636. The molecule has 0 radical (unpaired) electrons. The molecular formula is C7H12ClNO4. The lowest BCUT2D eigenvalue weighted by Crippen LogP contribution is -2.41. The van der Waals surface area contributed by atoms with Gasteiger partial charge in [-0.15, -0.1) is 0 Å². The van der Waals surface area contributed by atoms with Gasteiger partial charge < -0.3 is 9.47 Å². The minimum atomic E-state index is -1.25. The van der Waals surface area contributed by atoms with E-state index in [1.807, 2.05) is 4.84 Å². The van der Waals surface area contributed by atoms with E-state index in [1.54, 1.807) is 13.8 Å². The molecule has 0 fully saturated rings. The van der Waals surface area contributed by atoms with Crippen LogP contribution in [0.15, 0.2) is 0 Å². The molecule has 0 aliphatic carbocycles. The first-order chi connectivity index (χ1) is 6.17. The zero-order valence-corrected chi connectivity index (χ0v) is 8.26. The summed E-state index contributed by atoms with van der Waals surface area (Å²) in [6.07, 6.45) is 0. The summed E-state index contributed by atoms with van der Waals surface area (Å²) >= 11 is 5.18. The zero-order valence-electron chi connectivity index (χ0n) is 7.50. The first-order valence-corrected chi connectivity index (χ1v) is 4.24. The van der Waals surface area contributed by atoms with Crippen molar-refractivity contribution in [2.24, 2.45) is 0 Å². The molecule has 0 aromatic heterocycles. The van der Waals surface area contributed by atoms with Crippen molar-refractivity contribution in [2.75, 3.05) is 13.2 Å². The van der Waals surface area contributed by atoms with Crippen LogP contribution in [0.4, 0.5) is 0 Å². The van der Waals surface area contributed by atoms with Crippen LogP contribution in [0.3, 0.4) is 0 Å². The number of halogens is 1. The molecule has 13 heavy (non-hydrogen) atoms. The maximum atomic E-state index is 11.0. The van der Waals surface area contributed by atoms with Crippen LogP contribution < -0.4 is 4.84 Å². The molecule has 0 saturated carbocycles. The lowest BCUT2D eigenvalue weighted by atomic mass is 10.3. The van der Waals surface area contributed by atoms with E-state index in [0.717, 1.165) is 0 Å². The third-order valence-electron chi connectivity index (χ3n) is 1.15. The minimum absolute atomic E-state index is 0.188. The van der Waals surface area contributed by atoms with Crippen LogP contribution in [-0.2, 0) is 19.1 Å². The van der Waals surface area contributed by atoms with Gasteiger partial charge in [0.2, 0.25) is 6.04 Å². The van der Waals surface area contributed by atoms with Crippen LogP contribution in [0.5, 0.6) is 0 Å². The molecule has 0 unspecified atom stereocenters. The predicted molar refractivity (Wildman–Crippen MR) is 46.0 cm³/mol. The maximum absolute atomic E-state index is 11.0. The molecule has 0 aliphatic rings. The van der Waals surface area contributed by atoms with Gasteiger partial charge in [-0.25, -0.2) is 14.4 Å². The minimum Gasteiger partial charge on any atom is -0.464 e. The number of esters is 2. The maximum Gasteiger partial charge on any atom is 0.336 e. The summed E-state index contributed by atoms with van der Waals surface area (Å²) in [5.74, 6) is -1.48. The van der Waals surface area contributed by atoms with Gasteiger partial charge in [-0.2, -0.15) is 0 Å². The van der Waals surface area contributed by atoms with Gasteiger partial charge in [-0.1, -0.05) is 0 Å². The number of rotatable bonds is 5. The quantitative estimate of drug-likeness (QED) is 0.399. The average molecular weight is 210 g/mol. The Bertz CT molecular complexity index is 167. The lowest BCUT2D eigenvalue weighted by Gasteiger charge is -2.11. The van der Waals surface area contributed by atoms with Crippen LogP contribution in [0, 0.1) is 0 Å². The molecule has 0 saturated heterocycles. The van der Waals surface area contributed by atoms with Gasteiger partial charge in [0.1, 0.15) is 0 Å². The highest BCUT2D eigenvalue weighted by molar-refractivity contribution is 6.17. The van der Waals surface area contributed by atoms with Gasteiger partial charge in [-0.3, -0.25) is 0 Å². The SMILES string of the molecule is CCOC(=O)C(NCl)C(=O)OCC. The van der Waals surface area contributed by atoms with Crippen molar-refractivity contribution >= 4 is 23.7 Å². The summed E-state index contributed by atoms with van der Waals surface area (Å²) < 4.78 is 9.15. The normalized spacial score (nSPS) is 9.85. The number of nitrogens with one attached hydrogen (secondary N) is 1. The van der Waals surface area contributed by atoms with Gasteiger partial charge in [0.05, 0.1) is 13.2 Å². The number of hydrogen-bond donors (Lipinski definition) is 1. The summed E-state index contributed by atoms with van der Waals surface area (Å²) in [5, 5.41) is 0. The topological polar surface area (TPSA) is 64.6 Å². The lowest BCUT2D eigenvalue weighted by molar-refractivity contribution is -0.157. The van der Waals surface area contributed by atoms with Crippen LogP contribution in [0.2, 0.25) is 0 Å². The third kappa shape index (κ3) is 4.10. The first kappa shape index (κ1) is 12.2. The number of hydrogen-bond acceptors (Lipinski definition) is 5. The van der Waals surface area contributed by atoms with Crippen molar-refractivity contribution in [1.82, 2.24) is 4.84 Å². The monoisotopic (exact) mass is 209 g/mol. The van der Waals surface area contributed by atoms with Crippen LogP contribution in [0.1, 0.15) is 13.8 Å². The molecule has 0 spiro atoms. The Hall–Kier alpha value is -0.810. The highest BCUT2D eigenvalue weighted by atomic mass is 35.5. The summed E-state index contributed by atoms with van der Waals surface area (Å²) in [5.41, 5.74) is 0. The predicted octanol–water partition coefficient (Wildman–Crippen LogP) is 0.225. The van der Waals surface area contributed by atoms with Crippen molar-refractivity contribution in [3.8, 4) is 0 Å². The second-order valence-electron chi connectivity index (χ2n) is 2.05. The molecular weight excluding hydrogens is 198 g/mol. The second-order valence-corrected chi connectivity index (χ2v) is 2.26. The number of ether oxygens (including phenoxy) is 2. The Morgan fingerprint density at radius 3 is 1.85 bits per heavy atom. The van der Waals surface area contributed by atoms with Crippen molar-refractivity contribution in [3.05, 3.63) is 0 Å². The molecule has 0 bridgehead atoms. The Morgan fingerprint density at radius 1 is 1.23 bits per heavy atom. The van der Waals surface area contributed by atoms with Gasteiger partial charge in [-0.05, 0) is 25.6 Å². The van der Waals surface area contributed by atoms with Crippen molar-refractivity contribution in [1.29, 1.82) is 0 Å². The van der Waals surface area contributed by atoms with E-state index in [9.17, 15) is 9.59 Å². The second kappa shape index (κ2) is 6.68. The average Bonchev–Trinajstić information content (AvgIpc) is 2.06. The molecule has 0 heterocycles. The Morgan fingerprint density at radius 2 is 1.62 bits per heavy atom. The Kier molecular flexibility index (Phi) is 6.26. The molecule has 0 aromatic rings. The van der Waals surface area contributed by atoms with E-state index in [0.29, 0.717) is 0 Å². The summed E-state index contributed by atoms with van der Waals surface area (Å²) in [4.78, 5) is 24.0. The Labute approximate surface area is 81.4 Å². The summed E-state index contributed by atoms with van der Waals surface area (Å²) in [6, 6.07) is -1.25. The van der Waals surface area contributed by atoms with E-state index >= 15 is 0 Å². The van der Waals surface area contributed by atoms with Crippen LogP contribution in [0.25, 0.3) is 0 Å². The van der Waals surface area contributed by atoms with Gasteiger partial charge in [0.25, 0.3) is 0 Å². The molecule has 0 atom stereocenters. The summed E-state index contributed by atoms with van der Waals surface area (Å²) in [6.45, 7) is 3.64. The Balaban J connectivity index is 4.15. The third-order valence-corrected chi connectivity index (χ3v) is 1.37. The van der Waals surface area contributed by atoms with Crippen molar-refractivity contribution < 1.29 is 19.1 Å². The largest absolute Gasteiger partial charge is 0.464 e. The molecule has 6 heteroatoms. The smallest absolute Gasteiger partial charge is 0.336 e. The van der Waals surface area contributed by atoms with Crippen molar-refractivity contribution in [3.63, 3.8) is 0 Å². The standard InChI is InChI=1S/C7H12ClNO4/c1-3-12-6(10)5(9-8)7(11)13-4-2/h5,9H,3-4H2,1-2H3. The van der Waals surface area contributed by atoms with Crippen LogP contribution >= 0.6 is 11.8 Å². The van der Waals surface area contributed by atoms with E-state index < -0.39 is 18.0 Å².